The molecule has 0 aliphatic rings. The zero-order valence-corrected chi connectivity index (χ0v) is 15.9. The van der Waals surface area contributed by atoms with E-state index in [4.69, 9.17) is 13.9 Å². The lowest BCUT2D eigenvalue weighted by Crippen LogP contribution is -2.43. The van der Waals surface area contributed by atoms with Gasteiger partial charge in [0.15, 0.2) is 12.4 Å². The van der Waals surface area contributed by atoms with Crippen LogP contribution in [-0.4, -0.2) is 41.4 Å². The lowest BCUT2D eigenvalue weighted by molar-refractivity contribution is -0.125. The van der Waals surface area contributed by atoms with Gasteiger partial charge in [-0.2, -0.15) is 0 Å². The van der Waals surface area contributed by atoms with E-state index in [0.29, 0.717) is 11.3 Å². The number of rotatable bonds is 6. The van der Waals surface area contributed by atoms with E-state index in [2.05, 4.69) is 15.8 Å². The van der Waals surface area contributed by atoms with E-state index in [1.54, 1.807) is 27.7 Å². The van der Waals surface area contributed by atoms with Crippen LogP contribution in [0.4, 0.5) is 0 Å². The number of carbonyl (C=O) groups excluding carboxylic acids is 4. The second-order valence-corrected chi connectivity index (χ2v) is 6.13. The van der Waals surface area contributed by atoms with E-state index >= 15 is 0 Å². The summed E-state index contributed by atoms with van der Waals surface area (Å²) in [5.41, 5.74) is 5.30. The molecule has 0 saturated carbocycles. The van der Waals surface area contributed by atoms with Crippen LogP contribution in [0.15, 0.2) is 22.8 Å². The normalized spacial score (nSPS) is 10.5. The molecule has 2 aromatic rings. The van der Waals surface area contributed by atoms with Crippen molar-refractivity contribution in [1.82, 2.24) is 15.8 Å². The molecule has 10 heteroatoms. The third-order valence-electron chi connectivity index (χ3n) is 3.58. The number of ether oxygens (including phenoxy) is 2. The van der Waals surface area contributed by atoms with Crippen molar-refractivity contribution < 1.29 is 33.1 Å². The Bertz CT molecular complexity index is 881. The Kier molecular flexibility index (Phi) is 6.59. The van der Waals surface area contributed by atoms with E-state index in [0.717, 1.165) is 0 Å². The summed E-state index contributed by atoms with van der Waals surface area (Å²) in [4.78, 5) is 50.5. The number of nitrogens with one attached hydrogen (secondary N) is 3. The van der Waals surface area contributed by atoms with Crippen molar-refractivity contribution in [2.75, 3.05) is 6.61 Å². The number of aryl methyl sites for hydroxylation is 1. The summed E-state index contributed by atoms with van der Waals surface area (Å²) in [6.45, 7) is 5.99. The lowest BCUT2D eigenvalue weighted by atomic mass is 10.1. The Morgan fingerprint density at radius 3 is 2.46 bits per heavy atom. The van der Waals surface area contributed by atoms with Crippen molar-refractivity contribution in [3.05, 3.63) is 46.7 Å². The third kappa shape index (κ3) is 5.00. The first kappa shape index (κ1) is 20.7. The van der Waals surface area contributed by atoms with Crippen LogP contribution in [0.5, 0.6) is 0 Å². The van der Waals surface area contributed by atoms with Crippen molar-refractivity contribution in [1.29, 1.82) is 0 Å². The van der Waals surface area contributed by atoms with Gasteiger partial charge in [0.1, 0.15) is 5.69 Å². The molecule has 2 amide bonds. The molecule has 0 saturated heterocycles. The minimum absolute atomic E-state index is 0.00981. The molecule has 150 valence electrons. The van der Waals surface area contributed by atoms with Crippen LogP contribution >= 0.6 is 0 Å². The first-order valence-corrected chi connectivity index (χ1v) is 8.40. The predicted molar refractivity (Wildman–Crippen MR) is 95.4 cm³/mol. The number of furan rings is 1. The minimum Gasteiger partial charge on any atom is -0.459 e. The van der Waals surface area contributed by atoms with Crippen LogP contribution < -0.4 is 10.9 Å². The first-order chi connectivity index (χ1) is 13.2. The summed E-state index contributed by atoms with van der Waals surface area (Å²) in [5, 5.41) is 0. The van der Waals surface area contributed by atoms with E-state index in [1.807, 2.05) is 0 Å². The van der Waals surface area contributed by atoms with Gasteiger partial charge in [-0.3, -0.25) is 20.4 Å². The van der Waals surface area contributed by atoms with Gasteiger partial charge < -0.3 is 18.9 Å². The Hall–Kier alpha value is -3.56. The monoisotopic (exact) mass is 391 g/mol. The van der Waals surface area contributed by atoms with Crippen LogP contribution in [0.1, 0.15) is 56.5 Å². The first-order valence-electron chi connectivity index (χ1n) is 8.40. The topological polar surface area (TPSA) is 140 Å². The molecule has 0 aliphatic heterocycles. The fraction of sp³-hybridized carbons (Fsp3) is 0.333. The molecule has 0 fully saturated rings. The van der Waals surface area contributed by atoms with E-state index in [-0.39, 0.29) is 23.1 Å². The molecular formula is C18H21N3O7. The summed E-state index contributed by atoms with van der Waals surface area (Å²) >= 11 is 0. The zero-order chi connectivity index (χ0) is 20.8. The maximum atomic E-state index is 12.2. The number of aromatic amines is 1. The van der Waals surface area contributed by atoms with Crippen LogP contribution in [-0.2, 0) is 14.3 Å². The van der Waals surface area contributed by atoms with Gasteiger partial charge in [-0.1, -0.05) is 0 Å². The summed E-state index contributed by atoms with van der Waals surface area (Å²) in [6, 6.07) is 2.93. The molecule has 0 aromatic carbocycles. The summed E-state index contributed by atoms with van der Waals surface area (Å²) in [7, 11) is 0. The third-order valence-corrected chi connectivity index (χ3v) is 3.58. The van der Waals surface area contributed by atoms with Crippen molar-refractivity contribution in [2.45, 2.75) is 33.8 Å². The van der Waals surface area contributed by atoms with Crippen molar-refractivity contribution in [2.24, 2.45) is 0 Å². The van der Waals surface area contributed by atoms with Gasteiger partial charge in [0.25, 0.3) is 5.91 Å². The summed E-state index contributed by atoms with van der Waals surface area (Å²) in [6.07, 6.45) is 1.00. The molecule has 0 radical (unpaired) electrons. The van der Waals surface area contributed by atoms with E-state index in [1.165, 1.54) is 18.4 Å². The summed E-state index contributed by atoms with van der Waals surface area (Å²) in [5.74, 6) is -2.78. The highest BCUT2D eigenvalue weighted by Crippen LogP contribution is 2.20. The number of esters is 2. The van der Waals surface area contributed by atoms with Gasteiger partial charge in [-0.05, 0) is 45.4 Å². The fourth-order valence-electron chi connectivity index (χ4n) is 2.37. The molecular weight excluding hydrogens is 370 g/mol. The van der Waals surface area contributed by atoms with E-state index < -0.39 is 30.4 Å². The average Bonchev–Trinajstić information content (AvgIpc) is 3.25. The largest absolute Gasteiger partial charge is 0.459 e. The molecule has 0 bridgehead atoms. The molecule has 2 heterocycles. The molecule has 0 unspecified atom stereocenters. The molecule has 0 spiro atoms. The minimum atomic E-state index is -0.822. The van der Waals surface area contributed by atoms with Gasteiger partial charge in [0, 0.05) is 5.69 Å². The Morgan fingerprint density at radius 1 is 1.14 bits per heavy atom. The molecule has 0 aliphatic carbocycles. The maximum Gasteiger partial charge on any atom is 0.355 e. The zero-order valence-electron chi connectivity index (χ0n) is 15.9. The SMILES string of the molecule is Cc1[nH]c(C(=O)OCC(=O)NNC(=O)c2ccco2)c(C)c1C(=O)OC(C)C. The quantitative estimate of drug-likeness (QED) is 0.499. The smallest absolute Gasteiger partial charge is 0.355 e. The number of carbonyl (C=O) groups is 4. The molecule has 0 atom stereocenters. The predicted octanol–water partition coefficient (Wildman–Crippen LogP) is 1.41. The molecule has 3 N–H and O–H groups in total. The molecule has 28 heavy (non-hydrogen) atoms. The van der Waals surface area contributed by atoms with Gasteiger partial charge in [-0.25, -0.2) is 9.59 Å². The second-order valence-electron chi connectivity index (χ2n) is 6.13. The maximum absolute atomic E-state index is 12.2. The van der Waals surface area contributed by atoms with Crippen molar-refractivity contribution in [3.8, 4) is 0 Å². The van der Waals surface area contributed by atoms with Gasteiger partial charge >= 0.3 is 17.8 Å². The van der Waals surface area contributed by atoms with E-state index in [9.17, 15) is 19.2 Å². The Balaban J connectivity index is 1.91. The highest BCUT2D eigenvalue weighted by molar-refractivity contribution is 5.99. The Labute approximate surface area is 160 Å². The number of hydrogen-bond donors (Lipinski definition) is 3. The number of H-pyrrole nitrogens is 1. The number of amides is 2. The summed E-state index contributed by atoms with van der Waals surface area (Å²) < 4.78 is 14.9. The number of aromatic nitrogens is 1. The van der Waals surface area contributed by atoms with Crippen LogP contribution in [0.3, 0.4) is 0 Å². The van der Waals surface area contributed by atoms with Crippen LogP contribution in [0.2, 0.25) is 0 Å². The van der Waals surface area contributed by atoms with Crippen LogP contribution in [0, 0.1) is 13.8 Å². The standard InChI is InChI=1S/C18H21N3O7/c1-9(2)28-17(24)14-10(3)15(19-11(14)4)18(25)27-8-13(22)20-21-16(23)12-6-5-7-26-12/h5-7,9,19H,8H2,1-4H3,(H,20,22)(H,21,23). The Morgan fingerprint density at radius 2 is 1.86 bits per heavy atom. The van der Waals surface area contributed by atoms with Crippen molar-refractivity contribution in [3.63, 3.8) is 0 Å². The highest BCUT2D eigenvalue weighted by atomic mass is 16.5. The van der Waals surface area contributed by atoms with Gasteiger partial charge in [0.05, 0.1) is 17.9 Å². The molecule has 2 aromatic heterocycles. The highest BCUT2D eigenvalue weighted by Gasteiger charge is 2.25. The average molecular weight is 391 g/mol. The number of hydrazine groups is 1. The molecule has 2 rings (SSSR count). The fourth-order valence-corrected chi connectivity index (χ4v) is 2.37. The second kappa shape index (κ2) is 8.89. The van der Waals surface area contributed by atoms with Crippen molar-refractivity contribution >= 4 is 23.8 Å². The van der Waals surface area contributed by atoms with Gasteiger partial charge in [-0.15, -0.1) is 0 Å². The van der Waals surface area contributed by atoms with Gasteiger partial charge in [0.2, 0.25) is 0 Å². The molecule has 10 nitrogen and oxygen atoms in total. The van der Waals surface area contributed by atoms with Crippen LogP contribution in [0.25, 0.3) is 0 Å². The number of hydrogen-bond acceptors (Lipinski definition) is 7. The lowest BCUT2D eigenvalue weighted by Gasteiger charge is -2.08.